The molecule has 0 spiro atoms. The van der Waals surface area contributed by atoms with Gasteiger partial charge in [-0.25, -0.2) is 4.99 Å². The lowest BCUT2D eigenvalue weighted by Crippen LogP contribution is -2.23. The molecule has 0 radical (unpaired) electrons. The second kappa shape index (κ2) is 7.70. The van der Waals surface area contributed by atoms with Crippen LogP contribution in [0.2, 0.25) is 0 Å². The topological polar surface area (TPSA) is 24.7 Å². The molecule has 0 N–H and O–H groups in total. The van der Waals surface area contributed by atoms with Crippen LogP contribution in [-0.4, -0.2) is 17.5 Å². The summed E-state index contributed by atoms with van der Waals surface area (Å²) < 4.78 is 0. The highest BCUT2D eigenvalue weighted by Gasteiger charge is 2.30. The van der Waals surface area contributed by atoms with Crippen molar-refractivity contribution in [3.05, 3.63) is 99.6 Å². The fraction of sp³-hybridized carbons (Fsp3) is 0.267. The van der Waals surface area contributed by atoms with E-state index in [1.165, 1.54) is 49.7 Å². The Morgan fingerprint density at radius 2 is 1.41 bits per heavy atom. The van der Waals surface area contributed by atoms with Gasteiger partial charge in [-0.3, -0.25) is 4.99 Å². The molecule has 0 aliphatic heterocycles. The van der Waals surface area contributed by atoms with Crippen molar-refractivity contribution >= 4 is 27.9 Å². The third kappa shape index (κ3) is 3.35. The van der Waals surface area contributed by atoms with E-state index < -0.39 is 0 Å². The second-order valence-corrected chi connectivity index (χ2v) is 9.50. The Bertz CT molecular complexity index is 1350. The van der Waals surface area contributed by atoms with Gasteiger partial charge in [0.05, 0.1) is 23.2 Å². The molecule has 0 saturated heterocycles. The maximum atomic E-state index is 5.40. The number of nitrogens with zero attached hydrogens (tertiary/aromatic N) is 2. The van der Waals surface area contributed by atoms with Crippen LogP contribution in [0, 0.1) is 26.7 Å². The molecule has 0 heterocycles. The van der Waals surface area contributed by atoms with Crippen LogP contribution in [0.1, 0.15) is 48.6 Å². The van der Waals surface area contributed by atoms with Crippen molar-refractivity contribution in [2.24, 2.45) is 15.9 Å². The Labute approximate surface area is 191 Å². The SMILES string of the molecule is CC1=CC(C)C(N=C2C(=Nc3c(C)cc(C)cc3C)c3cccc4cccc2c34)C(C)=C1. The second-order valence-electron chi connectivity index (χ2n) is 9.50. The number of rotatable bonds is 2. The molecule has 0 aromatic heterocycles. The van der Waals surface area contributed by atoms with E-state index in [1.807, 2.05) is 0 Å². The molecule has 0 amide bonds. The fourth-order valence-electron chi connectivity index (χ4n) is 5.47. The maximum absolute atomic E-state index is 5.40. The van der Waals surface area contributed by atoms with Crippen LogP contribution in [0.3, 0.4) is 0 Å². The first-order valence-electron chi connectivity index (χ1n) is 11.5. The summed E-state index contributed by atoms with van der Waals surface area (Å²) in [4.78, 5) is 10.7. The predicted octanol–water partition coefficient (Wildman–Crippen LogP) is 7.60. The quantitative estimate of drug-likeness (QED) is 0.409. The van der Waals surface area contributed by atoms with E-state index in [-0.39, 0.29) is 6.04 Å². The van der Waals surface area contributed by atoms with Gasteiger partial charge in [0.2, 0.25) is 0 Å². The van der Waals surface area contributed by atoms with Crippen LogP contribution in [0.5, 0.6) is 0 Å². The predicted molar refractivity (Wildman–Crippen MR) is 138 cm³/mol. The van der Waals surface area contributed by atoms with Gasteiger partial charge in [-0.05, 0) is 56.7 Å². The van der Waals surface area contributed by atoms with E-state index >= 15 is 0 Å². The summed E-state index contributed by atoms with van der Waals surface area (Å²) in [6, 6.07) is 17.6. The molecule has 0 saturated carbocycles. The van der Waals surface area contributed by atoms with E-state index in [2.05, 4.69) is 102 Å². The molecular weight excluding hydrogens is 388 g/mol. The summed E-state index contributed by atoms with van der Waals surface area (Å²) in [5.41, 5.74) is 11.8. The van der Waals surface area contributed by atoms with E-state index in [0.717, 1.165) is 17.1 Å². The molecule has 5 rings (SSSR count). The van der Waals surface area contributed by atoms with Crippen LogP contribution in [0.4, 0.5) is 5.69 Å². The number of hydrogen-bond acceptors (Lipinski definition) is 2. The zero-order valence-electron chi connectivity index (χ0n) is 19.8. The number of hydrogen-bond donors (Lipinski definition) is 0. The average molecular weight is 419 g/mol. The summed E-state index contributed by atoms with van der Waals surface area (Å²) in [5, 5.41) is 2.52. The largest absolute Gasteiger partial charge is 0.274 e. The summed E-state index contributed by atoms with van der Waals surface area (Å²) in [6.07, 6.45) is 4.60. The van der Waals surface area contributed by atoms with Crippen LogP contribution in [-0.2, 0) is 0 Å². The minimum Gasteiger partial charge on any atom is -0.274 e. The van der Waals surface area contributed by atoms with Gasteiger partial charge in [0.1, 0.15) is 0 Å². The third-order valence-corrected chi connectivity index (χ3v) is 6.71. The maximum Gasteiger partial charge on any atom is 0.0974 e. The molecular formula is C30H30N2. The van der Waals surface area contributed by atoms with Gasteiger partial charge in [0, 0.05) is 22.4 Å². The minimum atomic E-state index is 0.128. The van der Waals surface area contributed by atoms with Crippen molar-refractivity contribution in [2.75, 3.05) is 0 Å². The number of aliphatic imine (C=N–C) groups is 2. The molecule has 0 bridgehead atoms. The van der Waals surface area contributed by atoms with E-state index in [0.29, 0.717) is 5.92 Å². The van der Waals surface area contributed by atoms with Crippen molar-refractivity contribution < 1.29 is 0 Å². The first-order valence-corrected chi connectivity index (χ1v) is 11.5. The molecule has 160 valence electrons. The molecule has 3 aromatic rings. The smallest absolute Gasteiger partial charge is 0.0974 e. The van der Waals surface area contributed by atoms with Gasteiger partial charge >= 0.3 is 0 Å². The van der Waals surface area contributed by atoms with Crippen molar-refractivity contribution in [2.45, 2.75) is 47.6 Å². The highest BCUT2D eigenvalue weighted by molar-refractivity contribution is 6.61. The van der Waals surface area contributed by atoms with E-state index in [1.54, 1.807) is 0 Å². The molecule has 2 nitrogen and oxygen atoms in total. The average Bonchev–Trinajstić information content (AvgIpc) is 3.02. The summed E-state index contributed by atoms with van der Waals surface area (Å²) >= 11 is 0. The lowest BCUT2D eigenvalue weighted by atomic mass is 9.88. The monoisotopic (exact) mass is 418 g/mol. The third-order valence-electron chi connectivity index (χ3n) is 6.71. The molecule has 2 aliphatic rings. The van der Waals surface area contributed by atoms with Crippen molar-refractivity contribution in [3.63, 3.8) is 0 Å². The van der Waals surface area contributed by atoms with E-state index in [9.17, 15) is 0 Å². The Kier molecular flexibility index (Phi) is 4.97. The number of benzene rings is 3. The molecule has 2 aliphatic carbocycles. The number of aryl methyl sites for hydroxylation is 3. The standard InChI is InChI=1S/C30H30N2/c1-17-13-19(3)27(20(4)14-17)31-29-24-11-7-9-23-10-8-12-25(26(23)24)30(29)32-28-21(5)15-18(2)16-22(28)6/h7-16,19,27H,1-6H3. The van der Waals surface area contributed by atoms with Gasteiger partial charge in [0.25, 0.3) is 0 Å². The molecule has 3 aromatic carbocycles. The van der Waals surface area contributed by atoms with Crippen LogP contribution < -0.4 is 0 Å². The Balaban J connectivity index is 1.77. The Hall–Kier alpha value is -3.26. The van der Waals surface area contributed by atoms with Gasteiger partial charge in [0.15, 0.2) is 0 Å². The fourth-order valence-corrected chi connectivity index (χ4v) is 5.47. The highest BCUT2D eigenvalue weighted by atomic mass is 14.9. The summed E-state index contributed by atoms with van der Waals surface area (Å²) in [5.74, 6) is 0.361. The Morgan fingerprint density at radius 3 is 2.03 bits per heavy atom. The lowest BCUT2D eigenvalue weighted by molar-refractivity contribution is 0.595. The van der Waals surface area contributed by atoms with Gasteiger partial charge in [-0.1, -0.05) is 78.7 Å². The molecule has 2 atom stereocenters. The first kappa shape index (κ1) is 20.6. The zero-order chi connectivity index (χ0) is 22.6. The minimum absolute atomic E-state index is 0.128. The summed E-state index contributed by atoms with van der Waals surface area (Å²) in [7, 11) is 0. The van der Waals surface area contributed by atoms with Crippen LogP contribution >= 0.6 is 0 Å². The van der Waals surface area contributed by atoms with Crippen LogP contribution in [0.15, 0.2) is 81.8 Å². The first-order chi connectivity index (χ1) is 15.3. The normalized spacial score (nSPS) is 22.6. The molecule has 32 heavy (non-hydrogen) atoms. The Morgan fingerprint density at radius 1 is 0.781 bits per heavy atom. The van der Waals surface area contributed by atoms with Crippen molar-refractivity contribution in [1.82, 2.24) is 0 Å². The van der Waals surface area contributed by atoms with Gasteiger partial charge < -0.3 is 0 Å². The summed E-state index contributed by atoms with van der Waals surface area (Å²) in [6.45, 7) is 13.1. The molecule has 2 unspecified atom stereocenters. The van der Waals surface area contributed by atoms with Gasteiger partial charge in [-0.2, -0.15) is 0 Å². The van der Waals surface area contributed by atoms with Crippen LogP contribution in [0.25, 0.3) is 10.8 Å². The molecule has 0 fully saturated rings. The number of allylic oxidation sites excluding steroid dienone is 2. The highest BCUT2D eigenvalue weighted by Crippen LogP contribution is 2.36. The molecule has 2 heteroatoms. The van der Waals surface area contributed by atoms with Crippen molar-refractivity contribution in [3.8, 4) is 0 Å². The van der Waals surface area contributed by atoms with Gasteiger partial charge in [-0.15, -0.1) is 0 Å². The van der Waals surface area contributed by atoms with E-state index in [4.69, 9.17) is 9.98 Å². The van der Waals surface area contributed by atoms with Crippen molar-refractivity contribution in [1.29, 1.82) is 0 Å². The lowest BCUT2D eigenvalue weighted by Gasteiger charge is -2.24. The zero-order valence-corrected chi connectivity index (χ0v) is 19.8.